The molecule has 1 heterocycles. The van der Waals surface area contributed by atoms with E-state index in [1.165, 1.54) is 0 Å². The van der Waals surface area contributed by atoms with Crippen LogP contribution >= 0.6 is 0 Å². The summed E-state index contributed by atoms with van der Waals surface area (Å²) in [5, 5.41) is 0. The van der Waals surface area contributed by atoms with Gasteiger partial charge in [0.15, 0.2) is 0 Å². The summed E-state index contributed by atoms with van der Waals surface area (Å²) in [6, 6.07) is 9.64. The third-order valence-corrected chi connectivity index (χ3v) is 2.92. The second-order valence-electron chi connectivity index (χ2n) is 4.80. The Hall–Kier alpha value is -1.78. The Labute approximate surface area is 113 Å². The van der Waals surface area contributed by atoms with Crippen molar-refractivity contribution in [3.63, 3.8) is 0 Å². The lowest BCUT2D eigenvalue weighted by molar-refractivity contribution is 0.242. The average Bonchev–Trinajstić information content (AvgIpc) is 2.78. The minimum atomic E-state index is -0.150. The van der Waals surface area contributed by atoms with Gasteiger partial charge in [-0.3, -0.25) is 5.84 Å². The van der Waals surface area contributed by atoms with Gasteiger partial charge in [-0.15, -0.1) is 0 Å². The molecule has 0 amide bonds. The van der Waals surface area contributed by atoms with Crippen LogP contribution in [0.2, 0.25) is 0 Å². The van der Waals surface area contributed by atoms with Gasteiger partial charge in [0, 0.05) is 0 Å². The lowest BCUT2D eigenvalue weighted by Gasteiger charge is -2.16. The molecule has 4 nitrogen and oxygen atoms in total. The van der Waals surface area contributed by atoms with E-state index in [2.05, 4.69) is 5.43 Å². The highest BCUT2D eigenvalue weighted by Crippen LogP contribution is 2.26. The molecular weight excluding hydrogens is 240 g/mol. The number of rotatable bonds is 5. The van der Waals surface area contributed by atoms with Crippen LogP contribution in [0.5, 0.6) is 5.75 Å². The minimum absolute atomic E-state index is 0.150. The molecular formula is C15H20N2O2. The SMILES string of the molecule is Cc1ccoc1C(NN)c1ccc(OC(C)C)cc1. The molecule has 0 bridgehead atoms. The van der Waals surface area contributed by atoms with E-state index in [1.54, 1.807) is 6.26 Å². The molecule has 19 heavy (non-hydrogen) atoms. The highest BCUT2D eigenvalue weighted by Gasteiger charge is 2.17. The molecule has 0 saturated heterocycles. The van der Waals surface area contributed by atoms with Crippen LogP contribution in [0.25, 0.3) is 0 Å². The molecule has 102 valence electrons. The van der Waals surface area contributed by atoms with Crippen LogP contribution in [0.4, 0.5) is 0 Å². The summed E-state index contributed by atoms with van der Waals surface area (Å²) in [5.74, 6) is 7.33. The van der Waals surface area contributed by atoms with E-state index in [4.69, 9.17) is 15.0 Å². The van der Waals surface area contributed by atoms with E-state index in [0.717, 1.165) is 22.6 Å². The zero-order valence-electron chi connectivity index (χ0n) is 11.5. The van der Waals surface area contributed by atoms with Crippen molar-refractivity contribution < 1.29 is 9.15 Å². The number of nitrogens with one attached hydrogen (secondary N) is 1. The molecule has 1 unspecified atom stereocenters. The summed E-state index contributed by atoms with van der Waals surface area (Å²) in [5.41, 5.74) is 4.90. The summed E-state index contributed by atoms with van der Waals surface area (Å²) in [6.07, 6.45) is 1.84. The normalized spacial score (nSPS) is 12.7. The van der Waals surface area contributed by atoms with Crippen molar-refractivity contribution in [3.05, 3.63) is 53.5 Å². The molecule has 4 heteroatoms. The van der Waals surface area contributed by atoms with E-state index in [-0.39, 0.29) is 12.1 Å². The molecule has 1 atom stereocenters. The third-order valence-electron chi connectivity index (χ3n) is 2.92. The Morgan fingerprint density at radius 2 is 1.84 bits per heavy atom. The topological polar surface area (TPSA) is 60.4 Å². The van der Waals surface area contributed by atoms with Crippen LogP contribution in [0, 0.1) is 6.92 Å². The molecule has 1 aromatic carbocycles. The first-order valence-electron chi connectivity index (χ1n) is 6.38. The third kappa shape index (κ3) is 3.16. The summed E-state index contributed by atoms with van der Waals surface area (Å²) in [6.45, 7) is 6.01. The molecule has 0 radical (unpaired) electrons. The van der Waals surface area contributed by atoms with Gasteiger partial charge in [-0.05, 0) is 50.1 Å². The van der Waals surface area contributed by atoms with Gasteiger partial charge < -0.3 is 9.15 Å². The Morgan fingerprint density at radius 3 is 2.32 bits per heavy atom. The Bertz CT molecular complexity index is 517. The Morgan fingerprint density at radius 1 is 1.16 bits per heavy atom. The smallest absolute Gasteiger partial charge is 0.129 e. The van der Waals surface area contributed by atoms with E-state index in [9.17, 15) is 0 Å². The summed E-state index contributed by atoms with van der Waals surface area (Å²) >= 11 is 0. The number of benzene rings is 1. The van der Waals surface area contributed by atoms with Crippen LogP contribution < -0.4 is 16.0 Å². The fraction of sp³-hybridized carbons (Fsp3) is 0.333. The van der Waals surface area contributed by atoms with Crippen LogP contribution in [-0.4, -0.2) is 6.10 Å². The Balaban J connectivity index is 2.22. The first-order valence-corrected chi connectivity index (χ1v) is 6.38. The van der Waals surface area contributed by atoms with Crippen molar-refractivity contribution in [1.29, 1.82) is 0 Å². The first-order chi connectivity index (χ1) is 9.11. The van der Waals surface area contributed by atoms with Gasteiger partial charge in [0.25, 0.3) is 0 Å². The van der Waals surface area contributed by atoms with E-state index >= 15 is 0 Å². The minimum Gasteiger partial charge on any atom is -0.491 e. The van der Waals surface area contributed by atoms with Crippen molar-refractivity contribution in [3.8, 4) is 5.75 Å². The second-order valence-corrected chi connectivity index (χ2v) is 4.80. The number of hydrazine groups is 1. The highest BCUT2D eigenvalue weighted by atomic mass is 16.5. The number of aryl methyl sites for hydroxylation is 1. The summed E-state index contributed by atoms with van der Waals surface area (Å²) in [7, 11) is 0. The zero-order chi connectivity index (χ0) is 13.8. The predicted octanol–water partition coefficient (Wildman–Crippen LogP) is 2.93. The van der Waals surface area contributed by atoms with Gasteiger partial charge in [-0.1, -0.05) is 12.1 Å². The average molecular weight is 260 g/mol. The van der Waals surface area contributed by atoms with Crippen molar-refractivity contribution in [1.82, 2.24) is 5.43 Å². The van der Waals surface area contributed by atoms with Crippen LogP contribution in [0.1, 0.15) is 36.8 Å². The van der Waals surface area contributed by atoms with Gasteiger partial charge in [0.1, 0.15) is 17.6 Å². The maximum atomic E-state index is 5.64. The first kappa shape index (κ1) is 13.6. The lowest BCUT2D eigenvalue weighted by Crippen LogP contribution is -2.28. The summed E-state index contributed by atoms with van der Waals surface area (Å²) in [4.78, 5) is 0. The zero-order valence-corrected chi connectivity index (χ0v) is 11.5. The largest absolute Gasteiger partial charge is 0.491 e. The fourth-order valence-corrected chi connectivity index (χ4v) is 2.01. The molecule has 3 N–H and O–H groups in total. The monoisotopic (exact) mass is 260 g/mol. The fourth-order valence-electron chi connectivity index (χ4n) is 2.01. The standard InChI is InChI=1S/C15H20N2O2/c1-10(2)19-13-6-4-12(5-7-13)14(17-16)15-11(3)8-9-18-15/h4-10,14,17H,16H2,1-3H3. The Kier molecular flexibility index (Phi) is 4.24. The number of nitrogens with two attached hydrogens (primary N) is 1. The maximum absolute atomic E-state index is 5.64. The van der Waals surface area contributed by atoms with Crippen LogP contribution in [0.3, 0.4) is 0 Å². The van der Waals surface area contributed by atoms with E-state index in [0.29, 0.717) is 0 Å². The molecule has 0 spiro atoms. The highest BCUT2D eigenvalue weighted by molar-refractivity contribution is 5.34. The molecule has 0 aliphatic heterocycles. The van der Waals surface area contributed by atoms with Crippen LogP contribution in [-0.2, 0) is 0 Å². The molecule has 2 rings (SSSR count). The van der Waals surface area contributed by atoms with E-state index < -0.39 is 0 Å². The summed E-state index contributed by atoms with van der Waals surface area (Å²) < 4.78 is 11.1. The number of hydrogen-bond donors (Lipinski definition) is 2. The molecule has 1 aromatic heterocycles. The van der Waals surface area contributed by atoms with E-state index in [1.807, 2.05) is 51.1 Å². The van der Waals surface area contributed by atoms with Gasteiger partial charge in [-0.2, -0.15) is 0 Å². The molecule has 0 fully saturated rings. The molecule has 0 aliphatic rings. The van der Waals surface area contributed by atoms with Crippen molar-refractivity contribution in [2.75, 3.05) is 0 Å². The van der Waals surface area contributed by atoms with Gasteiger partial charge in [-0.25, -0.2) is 5.43 Å². The van der Waals surface area contributed by atoms with Gasteiger partial charge in [0.2, 0.25) is 0 Å². The second kappa shape index (κ2) is 5.91. The lowest BCUT2D eigenvalue weighted by atomic mass is 10.0. The van der Waals surface area contributed by atoms with Crippen molar-refractivity contribution >= 4 is 0 Å². The predicted molar refractivity (Wildman–Crippen MR) is 74.8 cm³/mol. The number of furan rings is 1. The number of ether oxygens (including phenoxy) is 1. The molecule has 0 saturated carbocycles. The quantitative estimate of drug-likeness (QED) is 0.641. The molecule has 2 aromatic rings. The maximum Gasteiger partial charge on any atom is 0.129 e. The van der Waals surface area contributed by atoms with Gasteiger partial charge >= 0.3 is 0 Å². The molecule has 0 aliphatic carbocycles. The van der Waals surface area contributed by atoms with Crippen molar-refractivity contribution in [2.24, 2.45) is 5.84 Å². The van der Waals surface area contributed by atoms with Gasteiger partial charge in [0.05, 0.1) is 12.4 Å². The van der Waals surface area contributed by atoms with Crippen molar-refractivity contribution in [2.45, 2.75) is 32.9 Å². The number of hydrogen-bond acceptors (Lipinski definition) is 4. The van der Waals surface area contributed by atoms with Crippen LogP contribution in [0.15, 0.2) is 41.0 Å².